The summed E-state index contributed by atoms with van der Waals surface area (Å²) in [4.78, 5) is 13.7. The highest BCUT2D eigenvalue weighted by atomic mass is 32.2. The molecule has 0 saturated heterocycles. The molecule has 0 N–H and O–H groups in total. The Bertz CT molecular complexity index is 971. The zero-order valence-electron chi connectivity index (χ0n) is 15.6. The van der Waals surface area contributed by atoms with E-state index < -0.39 is 16.1 Å². The first-order valence-corrected chi connectivity index (χ1v) is 11.4. The molecule has 1 unspecified atom stereocenters. The van der Waals surface area contributed by atoms with Gasteiger partial charge in [-0.3, -0.25) is 4.79 Å². The molecule has 5 nitrogen and oxygen atoms in total. The smallest absolute Gasteiger partial charge is 0.309 e. The number of carbonyl (C=O) groups excluding carboxylic acids is 1. The fourth-order valence-electron chi connectivity index (χ4n) is 3.23. The number of hydrogen-bond acceptors (Lipinski definition) is 6. The van der Waals surface area contributed by atoms with E-state index in [4.69, 9.17) is 8.92 Å². The molecule has 8 heteroatoms. The number of methoxy groups -OCH3 is 1. The van der Waals surface area contributed by atoms with E-state index in [2.05, 4.69) is 0 Å². The molecule has 28 heavy (non-hydrogen) atoms. The minimum absolute atomic E-state index is 0.0321. The second-order valence-corrected chi connectivity index (χ2v) is 9.29. The molecule has 0 fully saturated rings. The Balaban J connectivity index is 1.82. The Morgan fingerprint density at radius 3 is 2.50 bits per heavy atom. The van der Waals surface area contributed by atoms with E-state index >= 15 is 0 Å². The van der Waals surface area contributed by atoms with E-state index in [9.17, 15) is 17.6 Å². The van der Waals surface area contributed by atoms with Crippen molar-refractivity contribution in [2.45, 2.75) is 24.7 Å². The highest BCUT2D eigenvalue weighted by Gasteiger charge is 2.32. The van der Waals surface area contributed by atoms with Crippen LogP contribution in [0.2, 0.25) is 0 Å². The number of ether oxygens (including phenoxy) is 1. The van der Waals surface area contributed by atoms with E-state index in [0.29, 0.717) is 18.4 Å². The van der Waals surface area contributed by atoms with Crippen LogP contribution in [0.3, 0.4) is 0 Å². The molecule has 150 valence electrons. The van der Waals surface area contributed by atoms with Crippen LogP contribution in [0.1, 0.15) is 28.4 Å². The van der Waals surface area contributed by atoms with Crippen LogP contribution in [0.5, 0.6) is 11.5 Å². The zero-order valence-corrected chi connectivity index (χ0v) is 17.2. The maximum atomic E-state index is 12.9. The predicted molar refractivity (Wildman–Crippen MR) is 107 cm³/mol. The fourth-order valence-corrected chi connectivity index (χ4v) is 4.21. The van der Waals surface area contributed by atoms with E-state index in [1.54, 1.807) is 6.07 Å². The van der Waals surface area contributed by atoms with Crippen LogP contribution in [0.15, 0.2) is 41.3 Å². The summed E-state index contributed by atoms with van der Waals surface area (Å²) in [7, 11) is -2.30. The zero-order chi connectivity index (χ0) is 20.3. The Morgan fingerprint density at radius 1 is 1.18 bits per heavy atom. The molecule has 2 aromatic carbocycles. The maximum Gasteiger partial charge on any atom is 0.309 e. The standard InChI is InChI=1S/C20H21FO5S2/c1-3-28(23,24)26-19-11-17-14(10-18(19)25-2)9-15(20(17)22)8-13-4-6-16(7-5-13)27-12-21/h4-7,10-11,15H,3,8-9,12H2,1-2H3. The molecule has 0 heterocycles. The molecule has 0 bridgehead atoms. The molecule has 0 aromatic heterocycles. The Kier molecular flexibility index (Phi) is 6.30. The lowest BCUT2D eigenvalue weighted by atomic mass is 9.96. The number of alkyl halides is 1. The van der Waals surface area contributed by atoms with Crippen LogP contribution in [0.4, 0.5) is 4.39 Å². The van der Waals surface area contributed by atoms with E-state index in [1.807, 2.05) is 24.3 Å². The van der Waals surface area contributed by atoms with Gasteiger partial charge in [0.1, 0.15) is 6.01 Å². The maximum absolute atomic E-state index is 12.9. The SMILES string of the molecule is CCS(=O)(=O)Oc1cc2c(cc1OC)CC(Cc1ccc(SCF)cc1)C2=O. The first-order valence-electron chi connectivity index (χ1n) is 8.81. The minimum Gasteiger partial charge on any atom is -0.493 e. The lowest BCUT2D eigenvalue weighted by molar-refractivity contribution is 0.0936. The molecule has 2 aromatic rings. The molecule has 0 spiro atoms. The van der Waals surface area contributed by atoms with Crippen molar-refractivity contribution < 1.29 is 26.5 Å². The van der Waals surface area contributed by atoms with Crippen molar-refractivity contribution in [3.05, 3.63) is 53.1 Å². The number of hydrogen-bond donors (Lipinski definition) is 0. The van der Waals surface area contributed by atoms with E-state index in [1.165, 1.54) is 20.1 Å². The highest BCUT2D eigenvalue weighted by Crippen LogP contribution is 2.38. The predicted octanol–water partition coefficient (Wildman–Crippen LogP) is 4.04. The van der Waals surface area contributed by atoms with Crippen molar-refractivity contribution in [2.24, 2.45) is 5.92 Å². The summed E-state index contributed by atoms with van der Waals surface area (Å²) in [6, 6.07) is 10.1. The number of fused-ring (bicyclic) bond motifs is 1. The molecule has 0 saturated carbocycles. The Morgan fingerprint density at radius 2 is 1.89 bits per heavy atom. The number of ketones is 1. The Hall–Kier alpha value is -2.06. The minimum atomic E-state index is -3.73. The van der Waals surface area contributed by atoms with Crippen molar-refractivity contribution in [3.63, 3.8) is 0 Å². The van der Waals surface area contributed by atoms with Gasteiger partial charge in [0, 0.05) is 16.4 Å². The Labute approximate surface area is 168 Å². The van der Waals surface area contributed by atoms with Gasteiger partial charge in [-0.25, -0.2) is 4.39 Å². The monoisotopic (exact) mass is 424 g/mol. The lowest BCUT2D eigenvalue weighted by Crippen LogP contribution is -2.13. The van der Waals surface area contributed by atoms with Crippen molar-refractivity contribution in [1.29, 1.82) is 0 Å². The van der Waals surface area contributed by atoms with Gasteiger partial charge < -0.3 is 8.92 Å². The van der Waals surface area contributed by atoms with Crippen molar-refractivity contribution in [2.75, 3.05) is 18.9 Å². The fraction of sp³-hybridized carbons (Fsp3) is 0.350. The third-order valence-electron chi connectivity index (χ3n) is 4.69. The average Bonchev–Trinajstić information content (AvgIpc) is 2.97. The first-order chi connectivity index (χ1) is 13.4. The second-order valence-electron chi connectivity index (χ2n) is 6.46. The average molecular weight is 425 g/mol. The molecule has 0 aliphatic heterocycles. The van der Waals surface area contributed by atoms with E-state index in [-0.39, 0.29) is 29.0 Å². The molecule has 1 aliphatic rings. The largest absolute Gasteiger partial charge is 0.493 e. The summed E-state index contributed by atoms with van der Waals surface area (Å²) < 4.78 is 46.4. The number of carbonyl (C=O) groups is 1. The molecule has 0 amide bonds. The van der Waals surface area contributed by atoms with Gasteiger partial charge in [-0.1, -0.05) is 23.9 Å². The topological polar surface area (TPSA) is 69.7 Å². The van der Waals surface area contributed by atoms with Gasteiger partial charge in [-0.05, 0) is 55.2 Å². The molecule has 1 atom stereocenters. The van der Waals surface area contributed by atoms with Gasteiger partial charge in [0.15, 0.2) is 17.3 Å². The van der Waals surface area contributed by atoms with Crippen LogP contribution >= 0.6 is 11.8 Å². The summed E-state index contributed by atoms with van der Waals surface area (Å²) in [5, 5.41) is 0. The van der Waals surface area contributed by atoms with Crippen molar-refractivity contribution in [1.82, 2.24) is 0 Å². The summed E-state index contributed by atoms with van der Waals surface area (Å²) in [5.74, 6) is -0.141. The summed E-state index contributed by atoms with van der Waals surface area (Å²) in [6.45, 7) is 1.48. The molecule has 3 rings (SSSR count). The number of thioether (sulfide) groups is 1. The van der Waals surface area contributed by atoms with Crippen LogP contribution in [-0.4, -0.2) is 33.1 Å². The molecule has 0 radical (unpaired) electrons. The van der Waals surface area contributed by atoms with Gasteiger partial charge in [-0.15, -0.1) is 0 Å². The third-order valence-corrected chi connectivity index (χ3v) is 6.54. The normalized spacial score (nSPS) is 16.1. The lowest BCUT2D eigenvalue weighted by Gasteiger charge is -2.11. The summed E-state index contributed by atoms with van der Waals surface area (Å²) in [5.41, 5.74) is 2.28. The van der Waals surface area contributed by atoms with Crippen molar-refractivity contribution in [3.8, 4) is 11.5 Å². The van der Waals surface area contributed by atoms with Crippen molar-refractivity contribution >= 4 is 27.7 Å². The highest BCUT2D eigenvalue weighted by molar-refractivity contribution is 7.99. The second kappa shape index (κ2) is 8.53. The first kappa shape index (κ1) is 20.7. The molecular weight excluding hydrogens is 403 g/mol. The number of Topliss-reactive ketones (excluding diaryl/α,β-unsaturated/α-hetero) is 1. The molecule has 1 aliphatic carbocycles. The van der Waals surface area contributed by atoms with Crippen LogP contribution in [0, 0.1) is 5.92 Å². The summed E-state index contributed by atoms with van der Waals surface area (Å²) in [6.07, 6.45) is 1.10. The van der Waals surface area contributed by atoms with Gasteiger partial charge in [0.25, 0.3) is 0 Å². The third kappa shape index (κ3) is 4.50. The number of rotatable bonds is 8. The number of benzene rings is 2. The molecular formula is C20H21FO5S2. The van der Waals surface area contributed by atoms with Crippen LogP contribution in [0.25, 0.3) is 0 Å². The van der Waals surface area contributed by atoms with E-state index in [0.717, 1.165) is 27.8 Å². The number of halogens is 1. The van der Waals surface area contributed by atoms with Gasteiger partial charge in [0.2, 0.25) is 0 Å². The van der Waals surface area contributed by atoms with Gasteiger partial charge in [0.05, 0.1) is 12.9 Å². The quantitative estimate of drug-likeness (QED) is 0.471. The van der Waals surface area contributed by atoms with Gasteiger partial charge >= 0.3 is 10.1 Å². The van der Waals surface area contributed by atoms with Crippen LogP contribution in [-0.2, 0) is 23.0 Å². The van der Waals surface area contributed by atoms with Gasteiger partial charge in [-0.2, -0.15) is 8.42 Å². The summed E-state index contributed by atoms with van der Waals surface area (Å²) >= 11 is 1.12. The van der Waals surface area contributed by atoms with Crippen LogP contribution < -0.4 is 8.92 Å².